The first kappa shape index (κ1) is 8.71. The van der Waals surface area contributed by atoms with Gasteiger partial charge in [0.1, 0.15) is 5.76 Å². The maximum Gasteiger partial charge on any atom is 0.232 e. The number of aliphatic hydroxyl groups excluding tert-OH is 1. The van der Waals surface area contributed by atoms with E-state index in [1.807, 2.05) is 0 Å². The lowest BCUT2D eigenvalue weighted by Gasteiger charge is -2.11. The molecule has 0 unspecified atom stereocenters. The Morgan fingerprint density at radius 3 is 2.50 bits per heavy atom. The Balaban J connectivity index is 3.21. The number of Topliss-reactive ketones (excluding diaryl/α,β-unsaturated/α-hetero) is 1. The highest BCUT2D eigenvalue weighted by Gasteiger charge is 2.24. The molecule has 1 aliphatic rings. The predicted octanol–water partition coefficient (Wildman–Crippen LogP) is 1.31. The summed E-state index contributed by atoms with van der Waals surface area (Å²) in [7, 11) is 0. The molecule has 0 amide bonds. The van der Waals surface area contributed by atoms with Crippen LogP contribution in [0.1, 0.15) is 20.3 Å². The average Bonchev–Trinajstić information content (AvgIpc) is 2.02. The van der Waals surface area contributed by atoms with Crippen molar-refractivity contribution >= 4 is 11.6 Å². The van der Waals surface area contributed by atoms with E-state index < -0.39 is 11.6 Å². The minimum absolute atomic E-state index is 0.0397. The number of ketones is 2. The van der Waals surface area contributed by atoms with Gasteiger partial charge in [-0.1, -0.05) is 6.92 Å². The molecule has 3 heteroatoms. The van der Waals surface area contributed by atoms with Crippen LogP contribution in [0.5, 0.6) is 0 Å². The number of hydrogen-bond acceptors (Lipinski definition) is 3. The summed E-state index contributed by atoms with van der Waals surface area (Å²) in [4.78, 5) is 22.0. The Labute approximate surface area is 70.4 Å². The molecular weight excluding hydrogens is 156 g/mol. The van der Waals surface area contributed by atoms with Crippen LogP contribution in [0.2, 0.25) is 0 Å². The first-order valence-corrected chi connectivity index (χ1v) is 3.77. The van der Waals surface area contributed by atoms with Crippen molar-refractivity contribution in [2.75, 3.05) is 0 Å². The molecule has 3 nitrogen and oxygen atoms in total. The van der Waals surface area contributed by atoms with Gasteiger partial charge >= 0.3 is 0 Å². The van der Waals surface area contributed by atoms with Crippen molar-refractivity contribution in [1.29, 1.82) is 0 Å². The third-order valence-electron chi connectivity index (χ3n) is 1.86. The lowest BCUT2D eigenvalue weighted by atomic mass is 9.94. The van der Waals surface area contributed by atoms with Crippen molar-refractivity contribution in [3.8, 4) is 0 Å². The molecule has 0 heterocycles. The quantitative estimate of drug-likeness (QED) is 0.472. The first-order chi connectivity index (χ1) is 5.57. The molecule has 0 fully saturated rings. The number of rotatable bonds is 1. The van der Waals surface area contributed by atoms with Gasteiger partial charge in [0.2, 0.25) is 11.6 Å². The second-order valence-corrected chi connectivity index (χ2v) is 2.70. The number of carbonyl (C=O) groups is 2. The maximum absolute atomic E-state index is 11.1. The molecule has 0 atom stereocenters. The van der Waals surface area contributed by atoms with E-state index in [0.29, 0.717) is 12.0 Å². The number of carbonyl (C=O) groups excluding carboxylic acids is 2. The van der Waals surface area contributed by atoms with Gasteiger partial charge in [0.25, 0.3) is 0 Å². The van der Waals surface area contributed by atoms with Gasteiger partial charge in [-0.15, -0.1) is 0 Å². The Hall–Kier alpha value is -1.38. The standard InChI is InChI=1S/C9H10O3/c1-3-6-8(11)5(2)4-7(10)9(6)12/h4,11H,3H2,1-2H3. The molecule has 64 valence electrons. The topological polar surface area (TPSA) is 54.4 Å². The minimum Gasteiger partial charge on any atom is -0.507 e. The molecule has 12 heavy (non-hydrogen) atoms. The van der Waals surface area contributed by atoms with Gasteiger partial charge in [-0.2, -0.15) is 0 Å². The van der Waals surface area contributed by atoms with Gasteiger partial charge in [0, 0.05) is 5.57 Å². The second-order valence-electron chi connectivity index (χ2n) is 2.70. The zero-order chi connectivity index (χ0) is 9.30. The average molecular weight is 166 g/mol. The van der Waals surface area contributed by atoms with Crippen molar-refractivity contribution < 1.29 is 14.7 Å². The summed E-state index contributed by atoms with van der Waals surface area (Å²) in [5.41, 5.74) is 0.691. The summed E-state index contributed by atoms with van der Waals surface area (Å²) in [6, 6.07) is 0. The monoisotopic (exact) mass is 166 g/mol. The van der Waals surface area contributed by atoms with E-state index in [1.54, 1.807) is 13.8 Å². The van der Waals surface area contributed by atoms with Crippen LogP contribution in [-0.2, 0) is 9.59 Å². The first-order valence-electron chi connectivity index (χ1n) is 3.77. The zero-order valence-corrected chi connectivity index (χ0v) is 7.05. The highest BCUT2D eigenvalue weighted by molar-refractivity contribution is 6.48. The summed E-state index contributed by atoms with van der Waals surface area (Å²) in [5.74, 6) is -1.16. The Morgan fingerprint density at radius 2 is 2.00 bits per heavy atom. The maximum atomic E-state index is 11.1. The fourth-order valence-corrected chi connectivity index (χ4v) is 1.15. The molecule has 0 bridgehead atoms. The lowest BCUT2D eigenvalue weighted by molar-refractivity contribution is -0.131. The second kappa shape index (κ2) is 2.93. The van der Waals surface area contributed by atoms with Gasteiger partial charge in [-0.25, -0.2) is 0 Å². The van der Waals surface area contributed by atoms with Gasteiger partial charge in [-0.05, 0) is 25.0 Å². The van der Waals surface area contributed by atoms with E-state index in [4.69, 9.17) is 0 Å². The molecule has 0 spiro atoms. The lowest BCUT2D eigenvalue weighted by Crippen LogP contribution is -2.20. The molecule has 1 aliphatic carbocycles. The highest BCUT2D eigenvalue weighted by Crippen LogP contribution is 2.20. The molecule has 0 aliphatic heterocycles. The summed E-state index contributed by atoms with van der Waals surface area (Å²) in [6.07, 6.45) is 1.55. The normalized spacial score (nSPS) is 18.3. The smallest absolute Gasteiger partial charge is 0.232 e. The van der Waals surface area contributed by atoms with Crippen LogP contribution in [0.25, 0.3) is 0 Å². The van der Waals surface area contributed by atoms with Crippen LogP contribution in [0.4, 0.5) is 0 Å². The highest BCUT2D eigenvalue weighted by atomic mass is 16.3. The van der Waals surface area contributed by atoms with Gasteiger partial charge in [0.15, 0.2) is 0 Å². The molecule has 0 radical (unpaired) electrons. The Bertz CT molecular complexity index is 308. The van der Waals surface area contributed by atoms with E-state index in [1.165, 1.54) is 0 Å². The van der Waals surface area contributed by atoms with Crippen LogP contribution in [0.15, 0.2) is 23.0 Å². The number of allylic oxidation sites excluding steroid dienone is 3. The van der Waals surface area contributed by atoms with Crippen LogP contribution in [0, 0.1) is 0 Å². The number of aliphatic hydroxyl groups is 1. The predicted molar refractivity (Wildman–Crippen MR) is 43.7 cm³/mol. The van der Waals surface area contributed by atoms with Crippen LogP contribution in [-0.4, -0.2) is 16.7 Å². The zero-order valence-electron chi connectivity index (χ0n) is 7.05. The van der Waals surface area contributed by atoms with Crippen LogP contribution >= 0.6 is 0 Å². The molecule has 0 saturated heterocycles. The SMILES string of the molecule is CCC1=C(O)C(C)=CC(=O)C1=O. The van der Waals surface area contributed by atoms with Gasteiger partial charge in [0.05, 0.1) is 0 Å². The third kappa shape index (κ3) is 1.18. The van der Waals surface area contributed by atoms with Crippen LogP contribution in [0.3, 0.4) is 0 Å². The van der Waals surface area contributed by atoms with E-state index in [9.17, 15) is 14.7 Å². The van der Waals surface area contributed by atoms with Crippen LogP contribution < -0.4 is 0 Å². The Morgan fingerprint density at radius 1 is 1.42 bits per heavy atom. The summed E-state index contributed by atoms with van der Waals surface area (Å²) >= 11 is 0. The van der Waals surface area contributed by atoms with Crippen molar-refractivity contribution in [2.24, 2.45) is 0 Å². The van der Waals surface area contributed by atoms with Crippen molar-refractivity contribution in [1.82, 2.24) is 0 Å². The molecule has 0 aromatic rings. The Kier molecular flexibility index (Phi) is 2.13. The molecule has 0 saturated carbocycles. The largest absolute Gasteiger partial charge is 0.507 e. The molecule has 0 aromatic heterocycles. The van der Waals surface area contributed by atoms with E-state index in [-0.39, 0.29) is 11.3 Å². The molecule has 0 aromatic carbocycles. The van der Waals surface area contributed by atoms with E-state index >= 15 is 0 Å². The van der Waals surface area contributed by atoms with Gasteiger partial charge < -0.3 is 5.11 Å². The van der Waals surface area contributed by atoms with Crippen molar-refractivity contribution in [3.05, 3.63) is 23.0 Å². The van der Waals surface area contributed by atoms with E-state index in [2.05, 4.69) is 0 Å². The number of hydrogen-bond donors (Lipinski definition) is 1. The summed E-state index contributed by atoms with van der Waals surface area (Å²) in [6.45, 7) is 3.34. The fourth-order valence-electron chi connectivity index (χ4n) is 1.15. The minimum atomic E-state index is -0.583. The molecule has 1 N–H and O–H groups in total. The third-order valence-corrected chi connectivity index (χ3v) is 1.86. The fraction of sp³-hybridized carbons (Fsp3) is 0.333. The summed E-state index contributed by atoms with van der Waals surface area (Å²) < 4.78 is 0. The van der Waals surface area contributed by atoms with E-state index in [0.717, 1.165) is 6.08 Å². The molecule has 1 rings (SSSR count). The summed E-state index contributed by atoms with van der Waals surface area (Å²) in [5, 5.41) is 9.36. The van der Waals surface area contributed by atoms with Crippen molar-refractivity contribution in [3.63, 3.8) is 0 Å². The molecular formula is C9H10O3. The van der Waals surface area contributed by atoms with Crippen molar-refractivity contribution in [2.45, 2.75) is 20.3 Å². The van der Waals surface area contributed by atoms with Gasteiger partial charge in [-0.3, -0.25) is 9.59 Å².